The maximum Gasteiger partial charge on any atom is 0.337 e. The van der Waals surface area contributed by atoms with Crippen LogP contribution in [0.25, 0.3) is 0 Å². The number of aromatic carboxylic acids is 1. The maximum atomic E-state index is 12.9. The molecule has 1 aromatic carbocycles. The van der Waals surface area contributed by atoms with Crippen molar-refractivity contribution >= 4 is 29.3 Å². The summed E-state index contributed by atoms with van der Waals surface area (Å²) < 4.78 is 16.6. The van der Waals surface area contributed by atoms with Gasteiger partial charge in [0.2, 0.25) is 17.7 Å². The number of hydrogen-bond donors (Lipinski definition) is 3. The molecule has 0 spiro atoms. The lowest BCUT2D eigenvalue weighted by atomic mass is 10.2. The molecule has 0 radical (unpaired) electrons. The molecular weight excluding hydrogens is 456 g/mol. The zero-order valence-electron chi connectivity index (χ0n) is 19.3. The van der Waals surface area contributed by atoms with Crippen LogP contribution in [0.15, 0.2) is 54.7 Å². The summed E-state index contributed by atoms with van der Waals surface area (Å²) in [5.41, 5.74) is 0.772. The Morgan fingerprint density at radius 2 is 1.71 bits per heavy atom. The minimum atomic E-state index is -1.12. The number of nitrogens with zero attached hydrogens (tertiary/aromatic N) is 2. The molecule has 0 bridgehead atoms. The van der Waals surface area contributed by atoms with E-state index in [4.69, 9.17) is 19.3 Å². The Bertz CT molecular complexity index is 1200. The third-order valence-electron chi connectivity index (χ3n) is 4.41. The van der Waals surface area contributed by atoms with Gasteiger partial charge in [-0.2, -0.15) is 4.98 Å². The average Bonchev–Trinajstić information content (AvgIpc) is 2.80. The summed E-state index contributed by atoms with van der Waals surface area (Å²) in [6.07, 6.45) is 0.797. The van der Waals surface area contributed by atoms with Gasteiger partial charge in [0.25, 0.3) is 5.91 Å². The highest BCUT2D eigenvalue weighted by atomic mass is 16.5. The molecule has 2 amide bonds. The second-order valence-electron chi connectivity index (χ2n) is 7.42. The third-order valence-corrected chi connectivity index (χ3v) is 4.41. The Hall–Kier alpha value is -4.51. The van der Waals surface area contributed by atoms with Crippen molar-refractivity contribution in [2.75, 3.05) is 24.4 Å². The van der Waals surface area contributed by atoms with Crippen LogP contribution in [0.4, 0.5) is 11.5 Å². The molecular formula is C24H24N4O7. The van der Waals surface area contributed by atoms with Crippen LogP contribution in [0.2, 0.25) is 0 Å². The van der Waals surface area contributed by atoms with E-state index in [1.807, 2.05) is 0 Å². The van der Waals surface area contributed by atoms with Crippen molar-refractivity contribution in [3.8, 4) is 17.5 Å². The molecule has 1 atom stereocenters. The Morgan fingerprint density at radius 3 is 2.31 bits per heavy atom. The molecule has 0 saturated heterocycles. The van der Waals surface area contributed by atoms with Gasteiger partial charge in [0.1, 0.15) is 17.7 Å². The number of ether oxygens (including phenoxy) is 3. The van der Waals surface area contributed by atoms with Crippen LogP contribution in [-0.4, -0.2) is 52.7 Å². The smallest absolute Gasteiger partial charge is 0.337 e. The van der Waals surface area contributed by atoms with Gasteiger partial charge in [0, 0.05) is 38.1 Å². The molecule has 0 fully saturated rings. The van der Waals surface area contributed by atoms with E-state index >= 15 is 0 Å². The quantitative estimate of drug-likeness (QED) is 0.396. The first-order chi connectivity index (χ1) is 16.7. The van der Waals surface area contributed by atoms with Gasteiger partial charge >= 0.3 is 5.97 Å². The molecule has 2 aromatic heterocycles. The predicted molar refractivity (Wildman–Crippen MR) is 126 cm³/mol. The van der Waals surface area contributed by atoms with Gasteiger partial charge in [0.05, 0.1) is 17.7 Å². The van der Waals surface area contributed by atoms with Gasteiger partial charge in [0.15, 0.2) is 0 Å². The summed E-state index contributed by atoms with van der Waals surface area (Å²) >= 11 is 0. The Balaban J connectivity index is 1.83. The van der Waals surface area contributed by atoms with Crippen LogP contribution >= 0.6 is 0 Å². The van der Waals surface area contributed by atoms with Gasteiger partial charge in [-0.25, -0.2) is 9.78 Å². The molecule has 3 rings (SSSR count). The van der Waals surface area contributed by atoms with Crippen LogP contribution in [0.5, 0.6) is 17.5 Å². The molecule has 0 unspecified atom stereocenters. The highest BCUT2D eigenvalue weighted by molar-refractivity contribution is 6.04. The number of aromatic nitrogens is 2. The molecule has 3 N–H and O–H groups in total. The topological polar surface area (TPSA) is 149 Å². The number of anilines is 2. The van der Waals surface area contributed by atoms with Crippen molar-refractivity contribution in [1.82, 2.24) is 9.97 Å². The minimum absolute atomic E-state index is 0.00469. The Kier molecular flexibility index (Phi) is 8.30. The first-order valence-corrected chi connectivity index (χ1v) is 10.5. The number of carbonyl (C=O) groups excluding carboxylic acids is 2. The summed E-state index contributed by atoms with van der Waals surface area (Å²) in [6, 6.07) is 12.2. The molecule has 2 heterocycles. The number of carboxylic acids is 1. The monoisotopic (exact) mass is 480 g/mol. The summed E-state index contributed by atoms with van der Waals surface area (Å²) in [5.74, 6) is -1.02. The lowest BCUT2D eigenvalue weighted by Gasteiger charge is -2.15. The number of benzene rings is 1. The van der Waals surface area contributed by atoms with E-state index in [0.717, 1.165) is 6.20 Å². The molecule has 0 aliphatic carbocycles. The highest BCUT2D eigenvalue weighted by Gasteiger charge is 2.15. The molecule has 35 heavy (non-hydrogen) atoms. The number of carboxylic acid groups (broad SMARTS) is 1. The summed E-state index contributed by atoms with van der Waals surface area (Å²) in [6.45, 7) is 3.50. The zero-order chi connectivity index (χ0) is 25.4. The number of methoxy groups -OCH3 is 1. The fourth-order valence-electron chi connectivity index (χ4n) is 2.91. The van der Waals surface area contributed by atoms with E-state index in [1.54, 1.807) is 38.3 Å². The van der Waals surface area contributed by atoms with E-state index in [0.29, 0.717) is 18.0 Å². The van der Waals surface area contributed by atoms with Crippen LogP contribution in [0.1, 0.15) is 34.6 Å². The summed E-state index contributed by atoms with van der Waals surface area (Å²) in [4.78, 5) is 43.3. The Morgan fingerprint density at radius 1 is 1.00 bits per heavy atom. The number of nitrogens with one attached hydrogen (secondary N) is 2. The van der Waals surface area contributed by atoms with Crippen molar-refractivity contribution in [1.29, 1.82) is 0 Å². The zero-order valence-corrected chi connectivity index (χ0v) is 19.3. The molecule has 0 aliphatic heterocycles. The van der Waals surface area contributed by atoms with Crippen molar-refractivity contribution in [2.24, 2.45) is 0 Å². The standard InChI is InChI=1S/C24H24N4O7/c1-14(13-33-3)34-21-10-17(23(30)27-20-9-4-16(12-25-20)24(31)32)11-22(28-21)35-19-7-5-18(6-8-19)26-15(2)29/h4-12,14H,13H2,1-3H3,(H,26,29)(H,31,32)(H,25,27,30)/t14-/m1/s1. The third kappa shape index (κ3) is 7.51. The normalized spacial score (nSPS) is 11.3. The summed E-state index contributed by atoms with van der Waals surface area (Å²) in [5, 5.41) is 14.3. The van der Waals surface area contributed by atoms with Crippen LogP contribution < -0.4 is 20.1 Å². The first-order valence-electron chi connectivity index (χ1n) is 10.5. The fraction of sp³-hybridized carbons (Fsp3) is 0.208. The van der Waals surface area contributed by atoms with E-state index in [9.17, 15) is 14.4 Å². The predicted octanol–water partition coefficient (Wildman–Crippen LogP) is 3.59. The van der Waals surface area contributed by atoms with Crippen LogP contribution in [-0.2, 0) is 9.53 Å². The maximum absolute atomic E-state index is 12.9. The van der Waals surface area contributed by atoms with Crippen LogP contribution in [0, 0.1) is 0 Å². The van der Waals surface area contributed by atoms with E-state index in [1.165, 1.54) is 31.2 Å². The number of carbonyl (C=O) groups is 3. The van der Waals surface area contributed by atoms with E-state index in [2.05, 4.69) is 20.6 Å². The van der Waals surface area contributed by atoms with Gasteiger partial charge in [-0.15, -0.1) is 0 Å². The average molecular weight is 480 g/mol. The van der Waals surface area contributed by atoms with Crippen molar-refractivity contribution in [3.05, 3.63) is 65.9 Å². The molecule has 182 valence electrons. The minimum Gasteiger partial charge on any atom is -0.478 e. The SMILES string of the molecule is COC[C@@H](C)Oc1cc(C(=O)Nc2ccc(C(=O)O)cn2)cc(Oc2ccc(NC(C)=O)cc2)n1. The second-order valence-corrected chi connectivity index (χ2v) is 7.42. The van der Waals surface area contributed by atoms with Crippen molar-refractivity contribution in [3.63, 3.8) is 0 Å². The van der Waals surface area contributed by atoms with E-state index < -0.39 is 11.9 Å². The largest absolute Gasteiger partial charge is 0.478 e. The van der Waals surface area contributed by atoms with Gasteiger partial charge in [-0.05, 0) is 43.3 Å². The van der Waals surface area contributed by atoms with Crippen molar-refractivity contribution < 1.29 is 33.7 Å². The molecule has 0 aliphatic rings. The van der Waals surface area contributed by atoms with Crippen LogP contribution in [0.3, 0.4) is 0 Å². The number of hydrogen-bond acceptors (Lipinski definition) is 8. The summed E-state index contributed by atoms with van der Waals surface area (Å²) in [7, 11) is 1.54. The lowest BCUT2D eigenvalue weighted by molar-refractivity contribution is -0.114. The highest BCUT2D eigenvalue weighted by Crippen LogP contribution is 2.26. The number of amides is 2. The molecule has 0 saturated carbocycles. The van der Waals surface area contributed by atoms with Gasteiger partial charge in [-0.3, -0.25) is 9.59 Å². The number of pyridine rings is 2. The van der Waals surface area contributed by atoms with Gasteiger partial charge < -0.3 is 30.0 Å². The van der Waals surface area contributed by atoms with E-state index in [-0.39, 0.29) is 40.7 Å². The Labute approximate surface area is 201 Å². The van der Waals surface area contributed by atoms with Gasteiger partial charge in [-0.1, -0.05) is 0 Å². The molecule has 3 aromatic rings. The number of rotatable bonds is 10. The molecule has 11 nitrogen and oxygen atoms in total. The fourth-order valence-corrected chi connectivity index (χ4v) is 2.91. The first kappa shape index (κ1) is 25.1. The second kappa shape index (κ2) is 11.6. The van der Waals surface area contributed by atoms with Crippen molar-refractivity contribution in [2.45, 2.75) is 20.0 Å². The lowest BCUT2D eigenvalue weighted by Crippen LogP contribution is -2.19. The molecule has 11 heteroatoms.